The Kier molecular flexibility index (Phi) is 5.72. The van der Waals surface area contributed by atoms with Gasteiger partial charge in [-0.3, -0.25) is 0 Å². The zero-order valence-corrected chi connectivity index (χ0v) is 11.2. The number of hydrogen-bond donors (Lipinski definition) is 0. The van der Waals surface area contributed by atoms with E-state index in [4.69, 9.17) is 8.92 Å². The third kappa shape index (κ3) is 4.93. The van der Waals surface area contributed by atoms with E-state index >= 15 is 0 Å². The molecule has 0 aliphatic heterocycles. The van der Waals surface area contributed by atoms with E-state index in [-0.39, 0.29) is 6.61 Å². The Balaban J connectivity index is 1.77. The second-order valence-electron chi connectivity index (χ2n) is 3.89. The van der Waals surface area contributed by atoms with Crippen molar-refractivity contribution in [2.24, 2.45) is 0 Å². The van der Waals surface area contributed by atoms with Crippen molar-refractivity contribution in [2.45, 2.75) is 11.0 Å². The van der Waals surface area contributed by atoms with Crippen LogP contribution in [-0.2, 0) is 4.18 Å². The Labute approximate surface area is 116 Å². The molecular weight excluding hydrogens is 263 g/mol. The first-order valence-electron chi connectivity index (χ1n) is 6.00. The molecule has 2 aromatic rings. The zero-order chi connectivity index (χ0) is 13.3. The molecule has 0 heterocycles. The van der Waals surface area contributed by atoms with Crippen LogP contribution in [0.2, 0.25) is 0 Å². The predicted molar refractivity (Wildman–Crippen MR) is 75.1 cm³/mol. The van der Waals surface area contributed by atoms with Gasteiger partial charge in [-0.05, 0) is 24.3 Å². The van der Waals surface area contributed by atoms with Crippen molar-refractivity contribution in [1.29, 1.82) is 0 Å². The Bertz CT molecular complexity index is 421. The van der Waals surface area contributed by atoms with Crippen molar-refractivity contribution < 1.29 is 13.3 Å². The molecule has 1 unspecified atom stereocenters. The van der Waals surface area contributed by atoms with Gasteiger partial charge < -0.3 is 8.92 Å². The maximum Gasteiger partial charge on any atom is 0.135 e. The summed E-state index contributed by atoms with van der Waals surface area (Å²) >= 11 is 1.17. The Hall–Kier alpha value is -1.52. The number of rotatable bonds is 7. The molecule has 0 aromatic heterocycles. The summed E-state index contributed by atoms with van der Waals surface area (Å²) in [6.07, 6.45) is -0.578. The van der Waals surface area contributed by atoms with Gasteiger partial charge in [-0.15, -0.1) is 0 Å². The molecule has 0 aliphatic carbocycles. The van der Waals surface area contributed by atoms with E-state index in [9.17, 15) is 4.39 Å². The van der Waals surface area contributed by atoms with Gasteiger partial charge in [-0.1, -0.05) is 36.4 Å². The maximum atomic E-state index is 12.8. The van der Waals surface area contributed by atoms with Crippen LogP contribution in [0.15, 0.2) is 65.6 Å². The van der Waals surface area contributed by atoms with E-state index in [1.807, 2.05) is 60.7 Å². The molecule has 4 heteroatoms. The molecular formula is C15H15FO2S. The fourth-order valence-corrected chi connectivity index (χ4v) is 2.03. The van der Waals surface area contributed by atoms with Crippen molar-refractivity contribution in [3.63, 3.8) is 0 Å². The molecule has 0 radical (unpaired) electrons. The first kappa shape index (κ1) is 13.9. The monoisotopic (exact) mass is 278 g/mol. The largest absolute Gasteiger partial charge is 0.491 e. The lowest BCUT2D eigenvalue weighted by Gasteiger charge is -2.14. The van der Waals surface area contributed by atoms with Crippen LogP contribution in [0.4, 0.5) is 4.39 Å². The summed E-state index contributed by atoms with van der Waals surface area (Å²) in [6, 6.07) is 18.9. The second kappa shape index (κ2) is 7.81. The van der Waals surface area contributed by atoms with E-state index in [2.05, 4.69) is 0 Å². The maximum absolute atomic E-state index is 12.8. The molecule has 2 nitrogen and oxygen atoms in total. The Morgan fingerprint density at radius 1 is 0.947 bits per heavy atom. The van der Waals surface area contributed by atoms with E-state index in [0.717, 1.165) is 4.90 Å². The summed E-state index contributed by atoms with van der Waals surface area (Å²) in [5, 5.41) is 0. The molecule has 100 valence electrons. The lowest BCUT2D eigenvalue weighted by molar-refractivity contribution is 0.124. The average Bonchev–Trinajstić information content (AvgIpc) is 2.49. The van der Waals surface area contributed by atoms with Crippen LogP contribution in [0.1, 0.15) is 0 Å². The molecule has 0 amide bonds. The third-order valence-corrected chi connectivity index (χ3v) is 3.21. The topological polar surface area (TPSA) is 18.5 Å². The molecule has 2 rings (SSSR count). The number of hydrogen-bond acceptors (Lipinski definition) is 3. The van der Waals surface area contributed by atoms with E-state index in [1.165, 1.54) is 12.0 Å². The minimum Gasteiger partial charge on any atom is -0.491 e. The molecule has 19 heavy (non-hydrogen) atoms. The highest BCUT2D eigenvalue weighted by molar-refractivity contribution is 7.94. The van der Waals surface area contributed by atoms with Crippen molar-refractivity contribution in [1.82, 2.24) is 0 Å². The average molecular weight is 278 g/mol. The van der Waals surface area contributed by atoms with Gasteiger partial charge >= 0.3 is 0 Å². The lowest BCUT2D eigenvalue weighted by atomic mass is 10.3. The van der Waals surface area contributed by atoms with Gasteiger partial charge in [0.25, 0.3) is 0 Å². The number of alkyl halides is 1. The fraction of sp³-hybridized carbons (Fsp3) is 0.200. The van der Waals surface area contributed by atoms with Crippen LogP contribution in [0.25, 0.3) is 0 Å². The SMILES string of the molecule is FCC(COc1ccccc1)OSc1ccccc1. The molecule has 1 atom stereocenters. The summed E-state index contributed by atoms with van der Waals surface area (Å²) < 4.78 is 23.7. The standard InChI is InChI=1S/C15H15FO2S/c16-11-14(12-17-13-7-3-1-4-8-13)18-19-15-9-5-2-6-10-15/h1-10,14H,11-12H2. The van der Waals surface area contributed by atoms with Crippen molar-refractivity contribution in [2.75, 3.05) is 13.3 Å². The normalized spacial score (nSPS) is 12.1. The Morgan fingerprint density at radius 3 is 2.21 bits per heavy atom. The smallest absolute Gasteiger partial charge is 0.135 e. The van der Waals surface area contributed by atoms with Crippen molar-refractivity contribution >= 4 is 12.0 Å². The van der Waals surface area contributed by atoms with Gasteiger partial charge in [-0.25, -0.2) is 4.39 Å². The fourth-order valence-electron chi connectivity index (χ4n) is 1.40. The van der Waals surface area contributed by atoms with Gasteiger partial charge in [0, 0.05) is 16.9 Å². The molecule has 0 N–H and O–H groups in total. The molecule has 0 spiro atoms. The molecule has 0 fully saturated rings. The molecule has 0 saturated heterocycles. The van der Waals surface area contributed by atoms with Crippen LogP contribution in [0, 0.1) is 0 Å². The van der Waals surface area contributed by atoms with E-state index in [1.54, 1.807) is 0 Å². The lowest BCUT2D eigenvalue weighted by Crippen LogP contribution is -2.21. The summed E-state index contributed by atoms with van der Waals surface area (Å²) in [5.74, 6) is 0.717. The van der Waals surface area contributed by atoms with Crippen LogP contribution < -0.4 is 4.74 Å². The van der Waals surface area contributed by atoms with Crippen LogP contribution >= 0.6 is 12.0 Å². The van der Waals surface area contributed by atoms with Crippen LogP contribution in [0.5, 0.6) is 5.75 Å². The van der Waals surface area contributed by atoms with Gasteiger partial charge in [0.15, 0.2) is 0 Å². The summed E-state index contributed by atoms with van der Waals surface area (Å²) in [7, 11) is 0. The summed E-state index contributed by atoms with van der Waals surface area (Å²) in [5.41, 5.74) is 0. The first-order chi connectivity index (χ1) is 9.38. The van der Waals surface area contributed by atoms with Crippen LogP contribution in [-0.4, -0.2) is 19.4 Å². The molecule has 0 saturated carbocycles. The van der Waals surface area contributed by atoms with Crippen LogP contribution in [0.3, 0.4) is 0 Å². The number of para-hydroxylation sites is 1. The second-order valence-corrected chi connectivity index (χ2v) is 4.72. The predicted octanol–water partition coefficient (Wildman–Crippen LogP) is 4.13. The number of ether oxygens (including phenoxy) is 1. The van der Waals surface area contributed by atoms with Crippen molar-refractivity contribution in [3.8, 4) is 5.75 Å². The molecule has 0 aliphatic rings. The number of halogens is 1. The third-order valence-electron chi connectivity index (χ3n) is 2.37. The van der Waals surface area contributed by atoms with Gasteiger partial charge in [0.1, 0.15) is 25.1 Å². The quantitative estimate of drug-likeness (QED) is 0.710. The van der Waals surface area contributed by atoms with E-state index < -0.39 is 12.8 Å². The molecule has 0 bridgehead atoms. The van der Waals surface area contributed by atoms with Gasteiger partial charge in [-0.2, -0.15) is 0 Å². The van der Waals surface area contributed by atoms with Gasteiger partial charge in [0.05, 0.1) is 0 Å². The zero-order valence-electron chi connectivity index (χ0n) is 10.4. The van der Waals surface area contributed by atoms with Gasteiger partial charge in [0.2, 0.25) is 0 Å². The highest BCUT2D eigenvalue weighted by Gasteiger charge is 2.11. The Morgan fingerprint density at radius 2 is 1.58 bits per heavy atom. The number of benzene rings is 2. The van der Waals surface area contributed by atoms with Crippen molar-refractivity contribution in [3.05, 3.63) is 60.7 Å². The highest BCUT2D eigenvalue weighted by Crippen LogP contribution is 2.21. The summed E-state index contributed by atoms with van der Waals surface area (Å²) in [6.45, 7) is -0.382. The first-order valence-corrected chi connectivity index (χ1v) is 6.75. The highest BCUT2D eigenvalue weighted by atomic mass is 32.2. The minimum atomic E-state index is -0.578. The van der Waals surface area contributed by atoms with E-state index in [0.29, 0.717) is 5.75 Å². The minimum absolute atomic E-state index is 0.195. The molecule has 2 aromatic carbocycles. The summed E-state index contributed by atoms with van der Waals surface area (Å²) in [4.78, 5) is 0.945.